The van der Waals surface area contributed by atoms with E-state index in [1.807, 2.05) is 0 Å². The van der Waals surface area contributed by atoms with Gasteiger partial charge < -0.3 is 15.5 Å². The van der Waals surface area contributed by atoms with Crippen molar-refractivity contribution in [2.75, 3.05) is 6.54 Å². The lowest BCUT2D eigenvalue weighted by molar-refractivity contribution is 0.0943. The number of carbonyl (C=O) groups is 2. The van der Waals surface area contributed by atoms with Crippen molar-refractivity contribution in [3.63, 3.8) is 0 Å². The highest BCUT2D eigenvalue weighted by atomic mass is 16.3. The van der Waals surface area contributed by atoms with E-state index >= 15 is 0 Å². The summed E-state index contributed by atoms with van der Waals surface area (Å²) in [5.74, 6) is 0.237. The Bertz CT molecular complexity index is 971. The molecule has 0 spiro atoms. The zero-order chi connectivity index (χ0) is 18.8. The van der Waals surface area contributed by atoms with Crippen LogP contribution in [-0.4, -0.2) is 32.7 Å². The Morgan fingerprint density at radius 2 is 2.15 bits per heavy atom. The van der Waals surface area contributed by atoms with Crippen LogP contribution in [0, 0.1) is 5.92 Å². The molecule has 8 nitrogen and oxygen atoms in total. The summed E-state index contributed by atoms with van der Waals surface area (Å²) in [6.07, 6.45) is 8.92. The second-order valence-corrected chi connectivity index (χ2v) is 6.85. The SMILES string of the molecule is NC(=O)c1ncn2c(C(=O)NCCC3CCCC3)cc(-c3ccco3)nc12. The highest BCUT2D eigenvalue weighted by molar-refractivity contribution is 5.99. The number of fused-ring (bicyclic) bond motifs is 1. The first kappa shape index (κ1) is 17.3. The van der Waals surface area contributed by atoms with Crippen LogP contribution in [0.25, 0.3) is 17.1 Å². The number of nitrogens with zero attached hydrogens (tertiary/aromatic N) is 3. The van der Waals surface area contributed by atoms with E-state index in [1.54, 1.807) is 18.2 Å². The third-order valence-corrected chi connectivity index (χ3v) is 5.05. The molecule has 3 N–H and O–H groups in total. The quantitative estimate of drug-likeness (QED) is 0.694. The summed E-state index contributed by atoms with van der Waals surface area (Å²) in [4.78, 5) is 32.9. The van der Waals surface area contributed by atoms with E-state index in [0.29, 0.717) is 29.6 Å². The van der Waals surface area contributed by atoms with Gasteiger partial charge in [-0.05, 0) is 30.5 Å². The summed E-state index contributed by atoms with van der Waals surface area (Å²) in [5.41, 5.74) is 6.41. The first-order valence-corrected chi connectivity index (χ1v) is 9.13. The summed E-state index contributed by atoms with van der Waals surface area (Å²) < 4.78 is 6.87. The molecule has 1 aliphatic rings. The van der Waals surface area contributed by atoms with Crippen molar-refractivity contribution in [3.8, 4) is 11.5 Å². The molecule has 0 aromatic carbocycles. The summed E-state index contributed by atoms with van der Waals surface area (Å²) in [6.45, 7) is 0.612. The highest BCUT2D eigenvalue weighted by Crippen LogP contribution is 2.27. The van der Waals surface area contributed by atoms with E-state index in [2.05, 4.69) is 15.3 Å². The Morgan fingerprint density at radius 3 is 2.85 bits per heavy atom. The normalized spacial score (nSPS) is 14.7. The molecule has 3 aromatic rings. The second-order valence-electron chi connectivity index (χ2n) is 6.85. The van der Waals surface area contributed by atoms with Gasteiger partial charge in [0.1, 0.15) is 17.7 Å². The predicted molar refractivity (Wildman–Crippen MR) is 98.1 cm³/mol. The highest BCUT2D eigenvalue weighted by Gasteiger charge is 2.21. The van der Waals surface area contributed by atoms with Gasteiger partial charge in [-0.15, -0.1) is 0 Å². The number of furan rings is 1. The lowest BCUT2D eigenvalue weighted by atomic mass is 10.0. The summed E-state index contributed by atoms with van der Waals surface area (Å²) in [7, 11) is 0. The minimum atomic E-state index is -0.700. The Balaban J connectivity index is 1.65. The van der Waals surface area contributed by atoms with E-state index in [9.17, 15) is 9.59 Å². The van der Waals surface area contributed by atoms with Gasteiger partial charge in [-0.1, -0.05) is 25.7 Å². The lowest BCUT2D eigenvalue weighted by Gasteiger charge is -2.11. The number of imidazole rings is 1. The topological polar surface area (TPSA) is 116 Å². The molecule has 0 aliphatic heterocycles. The van der Waals surface area contributed by atoms with E-state index in [1.165, 1.54) is 42.7 Å². The van der Waals surface area contributed by atoms with Crippen molar-refractivity contribution in [1.82, 2.24) is 19.7 Å². The van der Waals surface area contributed by atoms with Crippen LogP contribution in [0.3, 0.4) is 0 Å². The smallest absolute Gasteiger partial charge is 0.271 e. The van der Waals surface area contributed by atoms with E-state index in [4.69, 9.17) is 10.2 Å². The van der Waals surface area contributed by atoms with Gasteiger partial charge in [0.2, 0.25) is 0 Å². The number of hydrogen-bond acceptors (Lipinski definition) is 5. The molecule has 1 fully saturated rings. The molecule has 0 atom stereocenters. The second kappa shape index (κ2) is 7.22. The molecule has 4 rings (SSSR count). The number of rotatable bonds is 6. The fourth-order valence-electron chi connectivity index (χ4n) is 3.65. The monoisotopic (exact) mass is 367 g/mol. The first-order chi connectivity index (χ1) is 13.1. The molecular weight excluding hydrogens is 346 g/mol. The molecule has 0 saturated heterocycles. The third kappa shape index (κ3) is 3.42. The Labute approximate surface area is 155 Å². The Morgan fingerprint density at radius 1 is 1.33 bits per heavy atom. The minimum absolute atomic E-state index is 0.0170. The molecule has 8 heteroatoms. The number of primary amides is 1. The molecule has 2 amide bonds. The van der Waals surface area contributed by atoms with E-state index in [0.717, 1.165) is 6.42 Å². The van der Waals surface area contributed by atoms with Gasteiger partial charge in [0, 0.05) is 6.54 Å². The van der Waals surface area contributed by atoms with Crippen LogP contribution in [0.2, 0.25) is 0 Å². The average molecular weight is 367 g/mol. The standard InChI is InChI=1S/C19H21N5O3/c20-17(25)16-18-23-13(15-6-3-9-27-15)10-14(24(18)11-22-16)19(26)21-8-7-12-4-1-2-5-12/h3,6,9-12H,1-2,4-5,7-8H2,(H2,20,25)(H,21,26). The third-order valence-electron chi connectivity index (χ3n) is 5.05. The van der Waals surface area contributed by atoms with Gasteiger partial charge >= 0.3 is 0 Å². The molecule has 0 bridgehead atoms. The molecule has 3 heterocycles. The summed E-state index contributed by atoms with van der Waals surface area (Å²) >= 11 is 0. The van der Waals surface area contributed by atoms with Crippen LogP contribution in [-0.2, 0) is 0 Å². The molecule has 1 saturated carbocycles. The molecule has 0 unspecified atom stereocenters. The van der Waals surface area contributed by atoms with Crippen LogP contribution in [0.15, 0.2) is 35.2 Å². The van der Waals surface area contributed by atoms with Gasteiger partial charge in [0.25, 0.3) is 11.8 Å². The Hall–Kier alpha value is -3.16. The van der Waals surface area contributed by atoms with Crippen LogP contribution in [0.1, 0.15) is 53.1 Å². The minimum Gasteiger partial charge on any atom is -0.463 e. The maximum atomic E-state index is 12.8. The van der Waals surface area contributed by atoms with E-state index < -0.39 is 5.91 Å². The predicted octanol–water partition coefficient (Wildman–Crippen LogP) is 2.40. The molecule has 27 heavy (non-hydrogen) atoms. The summed E-state index contributed by atoms with van der Waals surface area (Å²) in [5, 5.41) is 2.97. The fourth-order valence-corrected chi connectivity index (χ4v) is 3.65. The van der Waals surface area contributed by atoms with Gasteiger partial charge in [0.15, 0.2) is 17.1 Å². The molecule has 0 radical (unpaired) electrons. The van der Waals surface area contributed by atoms with Crippen molar-refractivity contribution >= 4 is 17.5 Å². The van der Waals surface area contributed by atoms with Crippen molar-refractivity contribution < 1.29 is 14.0 Å². The lowest BCUT2D eigenvalue weighted by Crippen LogP contribution is -2.27. The Kier molecular flexibility index (Phi) is 4.62. The van der Waals surface area contributed by atoms with Crippen LogP contribution in [0.4, 0.5) is 0 Å². The zero-order valence-corrected chi connectivity index (χ0v) is 14.9. The number of amides is 2. The number of aromatic nitrogens is 3. The van der Waals surface area contributed by atoms with Crippen molar-refractivity contribution in [3.05, 3.63) is 42.2 Å². The number of nitrogens with two attached hydrogens (primary N) is 1. The van der Waals surface area contributed by atoms with E-state index in [-0.39, 0.29) is 17.2 Å². The molecule has 3 aromatic heterocycles. The van der Waals surface area contributed by atoms with Gasteiger partial charge in [0.05, 0.1) is 6.26 Å². The van der Waals surface area contributed by atoms with Gasteiger partial charge in [-0.25, -0.2) is 9.97 Å². The zero-order valence-electron chi connectivity index (χ0n) is 14.9. The van der Waals surface area contributed by atoms with Crippen LogP contribution >= 0.6 is 0 Å². The van der Waals surface area contributed by atoms with Crippen molar-refractivity contribution in [2.24, 2.45) is 11.7 Å². The number of carbonyl (C=O) groups excluding carboxylic acids is 2. The average Bonchev–Trinajstić information content (AvgIpc) is 3.40. The van der Waals surface area contributed by atoms with Crippen molar-refractivity contribution in [1.29, 1.82) is 0 Å². The largest absolute Gasteiger partial charge is 0.463 e. The molecular formula is C19H21N5O3. The number of nitrogens with one attached hydrogen (secondary N) is 1. The maximum absolute atomic E-state index is 12.8. The van der Waals surface area contributed by atoms with Crippen LogP contribution < -0.4 is 11.1 Å². The van der Waals surface area contributed by atoms with Crippen LogP contribution in [0.5, 0.6) is 0 Å². The molecule has 140 valence electrons. The number of hydrogen-bond donors (Lipinski definition) is 2. The summed E-state index contributed by atoms with van der Waals surface area (Å²) in [6, 6.07) is 5.10. The fraction of sp³-hybridized carbons (Fsp3) is 0.368. The molecule has 1 aliphatic carbocycles. The van der Waals surface area contributed by atoms with Crippen molar-refractivity contribution in [2.45, 2.75) is 32.1 Å². The van der Waals surface area contributed by atoms with Gasteiger partial charge in [-0.2, -0.15) is 0 Å². The van der Waals surface area contributed by atoms with Gasteiger partial charge in [-0.3, -0.25) is 14.0 Å². The maximum Gasteiger partial charge on any atom is 0.271 e. The first-order valence-electron chi connectivity index (χ1n) is 9.13.